The number of rotatable bonds is 6. The molecule has 31 heavy (non-hydrogen) atoms. The third kappa shape index (κ3) is 4.37. The van der Waals surface area contributed by atoms with Gasteiger partial charge in [0.05, 0.1) is 18.3 Å². The molecule has 3 aromatic rings. The third-order valence-corrected chi connectivity index (χ3v) is 6.42. The first-order valence-electron chi connectivity index (χ1n) is 11.0. The SMILES string of the molecule is Cc1cc(C(=O)CN2CCN(c3ccccc3O)CC2)c(C)n1[C@H](C)c1ccccc1. The molecule has 0 unspecified atom stereocenters. The van der Waals surface area contributed by atoms with Crippen molar-refractivity contribution in [1.82, 2.24) is 9.47 Å². The molecule has 2 aromatic carbocycles. The van der Waals surface area contributed by atoms with Crippen LogP contribution in [0.2, 0.25) is 0 Å². The van der Waals surface area contributed by atoms with E-state index in [0.717, 1.165) is 48.8 Å². The van der Waals surface area contributed by atoms with E-state index in [2.05, 4.69) is 59.4 Å². The molecule has 1 N–H and O–H groups in total. The van der Waals surface area contributed by atoms with E-state index < -0.39 is 0 Å². The van der Waals surface area contributed by atoms with Crippen molar-refractivity contribution in [2.45, 2.75) is 26.8 Å². The van der Waals surface area contributed by atoms with Crippen LogP contribution in [-0.2, 0) is 0 Å². The molecule has 1 fully saturated rings. The van der Waals surface area contributed by atoms with Crippen LogP contribution < -0.4 is 4.90 Å². The van der Waals surface area contributed by atoms with Gasteiger partial charge in [0.1, 0.15) is 5.75 Å². The fourth-order valence-corrected chi connectivity index (χ4v) is 4.70. The minimum Gasteiger partial charge on any atom is -0.506 e. The first-order chi connectivity index (χ1) is 15.0. The lowest BCUT2D eigenvalue weighted by molar-refractivity contribution is 0.0925. The Morgan fingerprint density at radius 1 is 0.968 bits per heavy atom. The van der Waals surface area contributed by atoms with E-state index in [-0.39, 0.29) is 11.8 Å². The van der Waals surface area contributed by atoms with Crippen molar-refractivity contribution in [2.24, 2.45) is 0 Å². The maximum atomic E-state index is 13.2. The molecule has 4 rings (SSSR count). The number of hydrogen-bond acceptors (Lipinski definition) is 4. The van der Waals surface area contributed by atoms with Crippen LogP contribution in [0, 0.1) is 13.8 Å². The van der Waals surface area contributed by atoms with Crippen molar-refractivity contribution in [3.8, 4) is 5.75 Å². The first-order valence-corrected chi connectivity index (χ1v) is 11.0. The highest BCUT2D eigenvalue weighted by molar-refractivity contribution is 5.99. The van der Waals surface area contributed by atoms with Gasteiger partial charge in [-0.05, 0) is 44.5 Å². The highest BCUT2D eigenvalue weighted by Crippen LogP contribution is 2.28. The Kier molecular flexibility index (Phi) is 6.14. The summed E-state index contributed by atoms with van der Waals surface area (Å²) in [4.78, 5) is 17.6. The minimum absolute atomic E-state index is 0.177. The Labute approximate surface area is 184 Å². The Morgan fingerprint density at radius 2 is 1.61 bits per heavy atom. The van der Waals surface area contributed by atoms with Gasteiger partial charge < -0.3 is 14.6 Å². The Balaban J connectivity index is 1.42. The van der Waals surface area contributed by atoms with E-state index in [4.69, 9.17) is 0 Å². The van der Waals surface area contributed by atoms with Gasteiger partial charge in [-0.25, -0.2) is 0 Å². The summed E-state index contributed by atoms with van der Waals surface area (Å²) in [5.41, 5.74) is 5.08. The van der Waals surface area contributed by atoms with Crippen molar-refractivity contribution in [2.75, 3.05) is 37.6 Å². The molecular weight excluding hydrogens is 386 g/mol. The summed E-state index contributed by atoms with van der Waals surface area (Å²) < 4.78 is 2.26. The number of aromatic hydroxyl groups is 1. The number of nitrogens with zero attached hydrogens (tertiary/aromatic N) is 3. The Hall–Kier alpha value is -3.05. The maximum absolute atomic E-state index is 13.2. The average Bonchev–Trinajstić information content (AvgIpc) is 3.09. The quantitative estimate of drug-likeness (QED) is 0.603. The number of aryl methyl sites for hydroxylation is 1. The number of anilines is 1. The van der Waals surface area contributed by atoms with Gasteiger partial charge in [0.25, 0.3) is 0 Å². The van der Waals surface area contributed by atoms with Crippen molar-refractivity contribution in [3.05, 3.63) is 83.2 Å². The van der Waals surface area contributed by atoms with E-state index in [0.29, 0.717) is 12.3 Å². The summed E-state index contributed by atoms with van der Waals surface area (Å²) >= 11 is 0. The van der Waals surface area contributed by atoms with Gasteiger partial charge >= 0.3 is 0 Å². The molecule has 162 valence electrons. The number of benzene rings is 2. The molecule has 1 aromatic heterocycles. The first kappa shape index (κ1) is 21.2. The second-order valence-corrected chi connectivity index (χ2v) is 8.42. The molecule has 0 saturated carbocycles. The van der Waals surface area contributed by atoms with Gasteiger partial charge in [0, 0.05) is 43.1 Å². The van der Waals surface area contributed by atoms with E-state index in [1.807, 2.05) is 30.3 Å². The van der Waals surface area contributed by atoms with Crippen LogP contribution in [0.1, 0.15) is 40.3 Å². The number of carbonyl (C=O) groups is 1. The normalized spacial score (nSPS) is 15.8. The van der Waals surface area contributed by atoms with Crippen LogP contribution in [-0.4, -0.2) is 53.1 Å². The van der Waals surface area contributed by atoms with E-state index in [9.17, 15) is 9.90 Å². The van der Waals surface area contributed by atoms with Crippen LogP contribution >= 0.6 is 0 Å². The lowest BCUT2D eigenvalue weighted by atomic mass is 10.1. The number of carbonyl (C=O) groups excluding carboxylic acids is 1. The highest BCUT2D eigenvalue weighted by Gasteiger charge is 2.24. The predicted octanol–water partition coefficient (Wildman–Crippen LogP) is 4.42. The molecule has 5 nitrogen and oxygen atoms in total. The fraction of sp³-hybridized carbons (Fsp3) is 0.346. The third-order valence-electron chi connectivity index (χ3n) is 6.42. The molecule has 0 spiro atoms. The fourth-order valence-electron chi connectivity index (χ4n) is 4.70. The summed E-state index contributed by atoms with van der Waals surface area (Å²) in [5, 5.41) is 10.1. The molecule has 1 aliphatic heterocycles. The topological polar surface area (TPSA) is 48.7 Å². The molecule has 0 bridgehead atoms. The van der Waals surface area contributed by atoms with Gasteiger partial charge in [-0.15, -0.1) is 0 Å². The average molecular weight is 418 g/mol. The number of piperazine rings is 1. The van der Waals surface area contributed by atoms with E-state index >= 15 is 0 Å². The zero-order valence-electron chi connectivity index (χ0n) is 18.6. The maximum Gasteiger partial charge on any atom is 0.178 e. The van der Waals surface area contributed by atoms with Gasteiger partial charge in [-0.1, -0.05) is 42.5 Å². The number of hydrogen-bond donors (Lipinski definition) is 1. The molecule has 1 saturated heterocycles. The number of Topliss-reactive ketones (excluding diaryl/α,β-unsaturated/α-hetero) is 1. The van der Waals surface area contributed by atoms with Crippen LogP contribution in [0.3, 0.4) is 0 Å². The zero-order valence-corrected chi connectivity index (χ0v) is 18.6. The molecule has 2 heterocycles. The predicted molar refractivity (Wildman–Crippen MR) is 125 cm³/mol. The van der Waals surface area contributed by atoms with Crippen molar-refractivity contribution >= 4 is 11.5 Å². The van der Waals surface area contributed by atoms with Crippen LogP contribution in [0.25, 0.3) is 0 Å². The van der Waals surface area contributed by atoms with Gasteiger partial charge in [0.2, 0.25) is 0 Å². The second-order valence-electron chi connectivity index (χ2n) is 8.42. The summed E-state index contributed by atoms with van der Waals surface area (Å²) in [6.07, 6.45) is 0. The summed E-state index contributed by atoms with van der Waals surface area (Å²) in [6.45, 7) is 9.95. The standard InChI is InChI=1S/C26H31N3O2/c1-19-17-23(21(3)29(19)20(2)22-9-5-4-6-10-22)26(31)18-27-13-15-28(16-14-27)24-11-7-8-12-25(24)30/h4-12,17,20,30H,13-16,18H2,1-3H3/t20-/m1/s1. The smallest absolute Gasteiger partial charge is 0.178 e. The lowest BCUT2D eigenvalue weighted by Crippen LogP contribution is -2.48. The molecule has 0 radical (unpaired) electrons. The zero-order chi connectivity index (χ0) is 22.0. The molecule has 0 amide bonds. The molecule has 1 aliphatic rings. The molecule has 1 atom stereocenters. The Morgan fingerprint density at radius 3 is 2.29 bits per heavy atom. The Bertz CT molecular complexity index is 1050. The largest absolute Gasteiger partial charge is 0.506 e. The molecule has 5 heteroatoms. The van der Waals surface area contributed by atoms with E-state index in [1.54, 1.807) is 6.07 Å². The monoisotopic (exact) mass is 417 g/mol. The van der Waals surface area contributed by atoms with E-state index in [1.165, 1.54) is 5.56 Å². The minimum atomic E-state index is 0.177. The van der Waals surface area contributed by atoms with Crippen LogP contribution in [0.4, 0.5) is 5.69 Å². The number of aromatic nitrogens is 1. The summed E-state index contributed by atoms with van der Waals surface area (Å²) in [5.74, 6) is 0.489. The number of phenolic OH excluding ortho intramolecular Hbond substituents is 1. The van der Waals surface area contributed by atoms with Crippen molar-refractivity contribution in [1.29, 1.82) is 0 Å². The molecular formula is C26H31N3O2. The number of phenols is 1. The van der Waals surface area contributed by atoms with Crippen LogP contribution in [0.5, 0.6) is 5.75 Å². The van der Waals surface area contributed by atoms with Crippen molar-refractivity contribution < 1.29 is 9.90 Å². The van der Waals surface area contributed by atoms with Crippen molar-refractivity contribution in [3.63, 3.8) is 0 Å². The van der Waals surface area contributed by atoms with Gasteiger partial charge in [-0.2, -0.15) is 0 Å². The van der Waals surface area contributed by atoms with Gasteiger partial charge in [-0.3, -0.25) is 9.69 Å². The lowest BCUT2D eigenvalue weighted by Gasteiger charge is -2.36. The summed E-state index contributed by atoms with van der Waals surface area (Å²) in [6, 6.07) is 20.1. The second kappa shape index (κ2) is 8.98. The highest BCUT2D eigenvalue weighted by atomic mass is 16.3. The number of para-hydroxylation sites is 2. The number of ketones is 1. The summed E-state index contributed by atoms with van der Waals surface area (Å²) in [7, 11) is 0. The van der Waals surface area contributed by atoms with Crippen LogP contribution in [0.15, 0.2) is 60.7 Å². The van der Waals surface area contributed by atoms with Gasteiger partial charge in [0.15, 0.2) is 5.78 Å². The molecule has 0 aliphatic carbocycles.